The van der Waals surface area contributed by atoms with Gasteiger partial charge in [-0.05, 0) is 56.0 Å². The molecular formula is C25H24N2O5S2. The van der Waals surface area contributed by atoms with Crippen LogP contribution in [0.5, 0.6) is 0 Å². The van der Waals surface area contributed by atoms with Crippen molar-refractivity contribution in [2.45, 2.75) is 42.8 Å². The maximum absolute atomic E-state index is 13.3. The second kappa shape index (κ2) is 9.68. The Bertz CT molecular complexity index is 1230. The largest absolute Gasteiger partial charge is 0.468 e. The van der Waals surface area contributed by atoms with Crippen LogP contribution in [0, 0.1) is 0 Å². The highest BCUT2D eigenvalue weighted by Crippen LogP contribution is 2.45. The number of carbonyl (C=O) groups excluding carboxylic acids is 3. The molecule has 1 N–H and O–H groups in total. The summed E-state index contributed by atoms with van der Waals surface area (Å²) in [6.45, 7) is 1.88. The lowest BCUT2D eigenvalue weighted by Crippen LogP contribution is -2.38. The Balaban J connectivity index is 1.39. The van der Waals surface area contributed by atoms with Crippen LogP contribution in [-0.2, 0) is 27.2 Å². The predicted molar refractivity (Wildman–Crippen MR) is 132 cm³/mol. The summed E-state index contributed by atoms with van der Waals surface area (Å²) in [6, 6.07) is 11.2. The average molecular weight is 497 g/mol. The first-order valence-corrected chi connectivity index (χ1v) is 13.0. The molecule has 5 rings (SSSR count). The van der Waals surface area contributed by atoms with Crippen molar-refractivity contribution in [2.24, 2.45) is 0 Å². The van der Waals surface area contributed by atoms with Crippen molar-refractivity contribution in [3.63, 3.8) is 0 Å². The number of anilines is 2. The second-order valence-electron chi connectivity index (χ2n) is 8.10. The molecule has 7 nitrogen and oxygen atoms in total. The number of furan rings is 1. The summed E-state index contributed by atoms with van der Waals surface area (Å²) in [5.74, 6) is -0.193. The zero-order valence-electron chi connectivity index (χ0n) is 18.7. The smallest absolute Gasteiger partial charge is 0.341 e. The lowest BCUT2D eigenvalue weighted by Gasteiger charge is -2.22. The first-order valence-electron chi connectivity index (χ1n) is 11.3. The fraction of sp³-hybridized carbons (Fsp3) is 0.320. The lowest BCUT2D eigenvalue weighted by molar-refractivity contribution is -0.121. The molecule has 9 heteroatoms. The third-order valence-corrected chi connectivity index (χ3v) is 8.39. The van der Waals surface area contributed by atoms with Crippen molar-refractivity contribution >= 4 is 51.6 Å². The minimum Gasteiger partial charge on any atom is -0.468 e. The van der Waals surface area contributed by atoms with Crippen molar-refractivity contribution in [3.8, 4) is 0 Å². The summed E-state index contributed by atoms with van der Waals surface area (Å²) < 4.78 is 10.8. The topological polar surface area (TPSA) is 88.9 Å². The van der Waals surface area contributed by atoms with Gasteiger partial charge in [0.15, 0.2) is 0 Å². The molecule has 1 aliphatic heterocycles. The number of rotatable bonds is 6. The highest BCUT2D eigenvalue weighted by molar-refractivity contribution is 7.99. The van der Waals surface area contributed by atoms with Gasteiger partial charge in [0.2, 0.25) is 11.8 Å². The van der Waals surface area contributed by atoms with Crippen LogP contribution >= 0.6 is 23.1 Å². The Morgan fingerprint density at radius 3 is 2.85 bits per heavy atom. The SMILES string of the molecule is CCOC(=O)c1c(NC(=O)CN2C(=O)CC(c3ccco3)Sc3ccccc32)sc2c1CCC2. The minimum absolute atomic E-state index is 0.147. The van der Waals surface area contributed by atoms with Crippen LogP contribution in [0.4, 0.5) is 10.7 Å². The molecule has 0 radical (unpaired) electrons. The first-order chi connectivity index (χ1) is 16.5. The number of nitrogens with one attached hydrogen (secondary N) is 1. The molecule has 0 fully saturated rings. The van der Waals surface area contributed by atoms with Crippen molar-refractivity contribution in [1.29, 1.82) is 0 Å². The fourth-order valence-corrected chi connectivity index (χ4v) is 6.94. The van der Waals surface area contributed by atoms with Crippen LogP contribution in [0.3, 0.4) is 0 Å². The summed E-state index contributed by atoms with van der Waals surface area (Å²) in [4.78, 5) is 42.6. The summed E-state index contributed by atoms with van der Waals surface area (Å²) in [5, 5.41) is 3.23. The van der Waals surface area contributed by atoms with E-state index in [0.717, 1.165) is 40.4 Å². The minimum atomic E-state index is -0.411. The molecule has 2 aromatic heterocycles. The van der Waals surface area contributed by atoms with E-state index in [-0.39, 0.29) is 36.6 Å². The van der Waals surface area contributed by atoms with E-state index in [1.165, 1.54) is 16.2 Å². The molecule has 3 heterocycles. The number of carbonyl (C=O) groups is 3. The van der Waals surface area contributed by atoms with E-state index >= 15 is 0 Å². The summed E-state index contributed by atoms with van der Waals surface area (Å²) >= 11 is 2.98. The Hall–Kier alpha value is -3.04. The van der Waals surface area contributed by atoms with Gasteiger partial charge in [-0.3, -0.25) is 9.59 Å². The van der Waals surface area contributed by atoms with Crippen molar-refractivity contribution in [2.75, 3.05) is 23.4 Å². The molecule has 2 amide bonds. The van der Waals surface area contributed by atoms with E-state index in [1.54, 1.807) is 24.9 Å². The monoisotopic (exact) mass is 496 g/mol. The number of benzene rings is 1. The summed E-state index contributed by atoms with van der Waals surface area (Å²) in [7, 11) is 0. The number of amides is 2. The molecule has 34 heavy (non-hydrogen) atoms. The fourth-order valence-electron chi connectivity index (χ4n) is 4.41. The highest BCUT2D eigenvalue weighted by atomic mass is 32.2. The second-order valence-corrected chi connectivity index (χ2v) is 10.5. The number of nitrogens with zero attached hydrogens (tertiary/aromatic N) is 1. The zero-order chi connectivity index (χ0) is 23.7. The number of para-hydroxylation sites is 1. The number of hydrogen-bond donors (Lipinski definition) is 1. The van der Waals surface area contributed by atoms with Gasteiger partial charge in [-0.1, -0.05) is 12.1 Å². The third-order valence-electron chi connectivity index (χ3n) is 5.90. The molecule has 176 valence electrons. The number of ether oxygens (including phenoxy) is 1. The molecule has 1 unspecified atom stereocenters. The number of thiophene rings is 1. The number of thioether (sulfide) groups is 1. The van der Waals surface area contributed by atoms with E-state index < -0.39 is 5.97 Å². The highest BCUT2D eigenvalue weighted by Gasteiger charge is 2.33. The predicted octanol–water partition coefficient (Wildman–Crippen LogP) is 5.22. The molecule has 3 aromatic rings. The van der Waals surface area contributed by atoms with Gasteiger partial charge in [-0.15, -0.1) is 23.1 Å². The van der Waals surface area contributed by atoms with Crippen LogP contribution in [0.15, 0.2) is 52.0 Å². The van der Waals surface area contributed by atoms with Crippen molar-refractivity contribution in [3.05, 3.63) is 64.4 Å². The van der Waals surface area contributed by atoms with Gasteiger partial charge in [-0.2, -0.15) is 0 Å². The Kier molecular flexibility index (Phi) is 6.47. The van der Waals surface area contributed by atoms with Gasteiger partial charge in [0.05, 0.1) is 29.4 Å². The maximum Gasteiger partial charge on any atom is 0.341 e. The zero-order valence-corrected chi connectivity index (χ0v) is 20.3. The Morgan fingerprint density at radius 1 is 1.21 bits per heavy atom. The quantitative estimate of drug-likeness (QED) is 0.471. The Morgan fingerprint density at radius 2 is 2.06 bits per heavy atom. The molecule has 1 atom stereocenters. The molecule has 0 saturated carbocycles. The van der Waals surface area contributed by atoms with Gasteiger partial charge in [0, 0.05) is 16.2 Å². The van der Waals surface area contributed by atoms with Crippen molar-refractivity contribution in [1.82, 2.24) is 0 Å². The van der Waals surface area contributed by atoms with Gasteiger partial charge < -0.3 is 19.4 Å². The van der Waals surface area contributed by atoms with E-state index in [0.29, 0.717) is 16.3 Å². The third kappa shape index (κ3) is 4.37. The molecule has 1 aromatic carbocycles. The van der Waals surface area contributed by atoms with Crippen LogP contribution in [0.2, 0.25) is 0 Å². The number of esters is 1. The average Bonchev–Trinajstić information content (AvgIpc) is 3.54. The molecular weight excluding hydrogens is 472 g/mol. The van der Waals surface area contributed by atoms with Crippen LogP contribution < -0.4 is 10.2 Å². The van der Waals surface area contributed by atoms with Gasteiger partial charge in [-0.25, -0.2) is 4.79 Å². The normalized spacial score (nSPS) is 17.1. The van der Waals surface area contributed by atoms with Gasteiger partial charge >= 0.3 is 5.97 Å². The van der Waals surface area contributed by atoms with Crippen LogP contribution in [-0.4, -0.2) is 30.9 Å². The van der Waals surface area contributed by atoms with E-state index in [1.807, 2.05) is 36.4 Å². The lowest BCUT2D eigenvalue weighted by atomic mass is 10.1. The molecule has 2 aliphatic rings. The van der Waals surface area contributed by atoms with E-state index in [9.17, 15) is 14.4 Å². The standard InChI is InChI=1S/C25H24N2O5S2/c1-2-31-25(30)23-15-7-5-11-18(15)34-24(23)26-21(28)14-27-16-8-3-4-10-19(16)33-20(13-22(27)29)17-9-6-12-32-17/h3-4,6,8-10,12,20H,2,5,7,11,13-14H2,1H3,(H,26,28). The van der Waals surface area contributed by atoms with Crippen LogP contribution in [0.25, 0.3) is 0 Å². The molecule has 0 saturated heterocycles. The first kappa shape index (κ1) is 22.7. The number of aryl methyl sites for hydroxylation is 1. The Labute approximate surface area is 205 Å². The summed E-state index contributed by atoms with van der Waals surface area (Å²) in [5.41, 5.74) is 2.14. The molecule has 0 bridgehead atoms. The maximum atomic E-state index is 13.3. The molecule has 0 spiro atoms. The van der Waals surface area contributed by atoms with Crippen molar-refractivity contribution < 1.29 is 23.5 Å². The number of fused-ring (bicyclic) bond motifs is 2. The van der Waals surface area contributed by atoms with E-state index in [4.69, 9.17) is 9.15 Å². The van der Waals surface area contributed by atoms with Gasteiger partial charge in [0.1, 0.15) is 17.3 Å². The molecule has 1 aliphatic carbocycles. The van der Waals surface area contributed by atoms with Crippen LogP contribution in [0.1, 0.15) is 51.6 Å². The van der Waals surface area contributed by atoms with E-state index in [2.05, 4.69) is 5.32 Å². The number of hydrogen-bond acceptors (Lipinski definition) is 7. The van der Waals surface area contributed by atoms with Gasteiger partial charge in [0.25, 0.3) is 0 Å². The summed E-state index contributed by atoms with van der Waals surface area (Å²) in [6.07, 6.45) is 4.50.